The highest BCUT2D eigenvalue weighted by molar-refractivity contribution is 5.96. The number of esters is 1. The standard InChI is InChI=1S/C20H27NO7/c1-19(2,3)28-18(23)21-9-10-24-11-13(21)12-25-14-7-6-8-15-16(14)17(22)27-20(4,5)26-15/h6-8,13H,9-12H2,1-5H3/t13-/m0/s1. The topological polar surface area (TPSA) is 83.5 Å². The number of cyclic esters (lactones) is 1. The van der Waals surface area contributed by atoms with E-state index >= 15 is 0 Å². The normalized spacial score (nSPS) is 21.2. The first-order chi connectivity index (χ1) is 13.1. The average Bonchev–Trinajstić information content (AvgIpc) is 2.57. The van der Waals surface area contributed by atoms with E-state index < -0.39 is 23.5 Å². The second kappa shape index (κ2) is 7.50. The lowest BCUT2D eigenvalue weighted by atomic mass is 10.1. The Bertz CT molecular complexity index is 753. The van der Waals surface area contributed by atoms with Gasteiger partial charge in [-0.1, -0.05) is 6.07 Å². The zero-order valence-corrected chi connectivity index (χ0v) is 16.9. The summed E-state index contributed by atoms with van der Waals surface area (Å²) in [6.45, 7) is 10.1. The van der Waals surface area contributed by atoms with Gasteiger partial charge < -0.3 is 23.7 Å². The first-order valence-electron chi connectivity index (χ1n) is 9.31. The van der Waals surface area contributed by atoms with Gasteiger partial charge in [0.2, 0.25) is 5.79 Å². The van der Waals surface area contributed by atoms with E-state index in [1.54, 1.807) is 36.9 Å². The van der Waals surface area contributed by atoms with Gasteiger partial charge in [-0.25, -0.2) is 9.59 Å². The fourth-order valence-corrected chi connectivity index (χ4v) is 3.02. The molecule has 2 aliphatic heterocycles. The number of carbonyl (C=O) groups is 2. The summed E-state index contributed by atoms with van der Waals surface area (Å²) in [7, 11) is 0. The molecule has 2 heterocycles. The third-order valence-corrected chi connectivity index (χ3v) is 4.17. The van der Waals surface area contributed by atoms with Crippen molar-refractivity contribution in [2.24, 2.45) is 0 Å². The van der Waals surface area contributed by atoms with Gasteiger partial charge in [-0.2, -0.15) is 0 Å². The highest BCUT2D eigenvalue weighted by Crippen LogP contribution is 2.37. The quantitative estimate of drug-likeness (QED) is 0.730. The molecule has 8 heteroatoms. The smallest absolute Gasteiger partial charge is 0.410 e. The van der Waals surface area contributed by atoms with Crippen LogP contribution in [0.4, 0.5) is 4.79 Å². The number of carbonyl (C=O) groups excluding carboxylic acids is 2. The van der Waals surface area contributed by atoms with Gasteiger partial charge in [-0.3, -0.25) is 4.90 Å². The number of amides is 1. The summed E-state index contributed by atoms with van der Waals surface area (Å²) in [5.41, 5.74) is -0.352. The molecule has 1 amide bonds. The van der Waals surface area contributed by atoms with Crippen LogP contribution in [0.25, 0.3) is 0 Å². The van der Waals surface area contributed by atoms with Gasteiger partial charge in [0, 0.05) is 20.4 Å². The van der Waals surface area contributed by atoms with Gasteiger partial charge in [0.1, 0.15) is 29.3 Å². The van der Waals surface area contributed by atoms with E-state index in [4.69, 9.17) is 23.7 Å². The Morgan fingerprint density at radius 1 is 1.29 bits per heavy atom. The van der Waals surface area contributed by atoms with Crippen LogP contribution >= 0.6 is 0 Å². The number of hydrogen-bond donors (Lipinski definition) is 0. The third kappa shape index (κ3) is 4.67. The summed E-state index contributed by atoms with van der Waals surface area (Å²) in [5, 5.41) is 0. The summed E-state index contributed by atoms with van der Waals surface area (Å²) in [5.74, 6) is -0.797. The molecule has 2 aliphatic rings. The molecule has 0 radical (unpaired) electrons. The van der Waals surface area contributed by atoms with Crippen molar-refractivity contribution >= 4 is 12.1 Å². The van der Waals surface area contributed by atoms with E-state index in [1.807, 2.05) is 20.8 Å². The molecule has 0 bridgehead atoms. The molecule has 0 aromatic heterocycles. The summed E-state index contributed by atoms with van der Waals surface area (Å²) in [4.78, 5) is 26.5. The summed E-state index contributed by atoms with van der Waals surface area (Å²) >= 11 is 0. The number of rotatable bonds is 3. The lowest BCUT2D eigenvalue weighted by Gasteiger charge is -2.36. The molecule has 28 heavy (non-hydrogen) atoms. The van der Waals surface area contributed by atoms with Gasteiger partial charge >= 0.3 is 12.1 Å². The molecular weight excluding hydrogens is 366 g/mol. The lowest BCUT2D eigenvalue weighted by molar-refractivity contribution is -0.127. The first kappa shape index (κ1) is 20.3. The van der Waals surface area contributed by atoms with Crippen molar-refractivity contribution in [1.82, 2.24) is 4.90 Å². The number of ether oxygens (including phenoxy) is 5. The molecule has 1 aromatic rings. The van der Waals surface area contributed by atoms with Crippen LogP contribution in [-0.4, -0.2) is 60.8 Å². The van der Waals surface area contributed by atoms with Gasteiger partial charge in [0.25, 0.3) is 0 Å². The van der Waals surface area contributed by atoms with Gasteiger partial charge in [0.15, 0.2) is 0 Å². The average molecular weight is 393 g/mol. The second-order valence-corrected chi connectivity index (χ2v) is 8.23. The zero-order valence-electron chi connectivity index (χ0n) is 16.9. The molecule has 1 atom stereocenters. The van der Waals surface area contributed by atoms with E-state index in [-0.39, 0.29) is 18.2 Å². The van der Waals surface area contributed by atoms with Gasteiger partial charge in [-0.15, -0.1) is 0 Å². The Kier molecular flexibility index (Phi) is 5.43. The maximum Gasteiger partial charge on any atom is 0.410 e. The van der Waals surface area contributed by atoms with Crippen LogP contribution in [0, 0.1) is 0 Å². The minimum atomic E-state index is -1.03. The van der Waals surface area contributed by atoms with E-state index in [0.717, 1.165) is 0 Å². The van der Waals surface area contributed by atoms with Crippen molar-refractivity contribution in [2.45, 2.75) is 52.0 Å². The highest BCUT2D eigenvalue weighted by Gasteiger charge is 2.37. The Balaban J connectivity index is 1.73. The number of hydrogen-bond acceptors (Lipinski definition) is 7. The van der Waals surface area contributed by atoms with E-state index in [2.05, 4.69) is 0 Å². The Morgan fingerprint density at radius 3 is 2.75 bits per heavy atom. The minimum Gasteiger partial charge on any atom is -0.490 e. The van der Waals surface area contributed by atoms with Gasteiger partial charge in [0.05, 0.1) is 19.3 Å². The molecule has 0 unspecified atom stereocenters. The summed E-state index contributed by atoms with van der Waals surface area (Å²) < 4.78 is 27.9. The molecule has 1 fully saturated rings. The SMILES string of the molecule is CC(C)(C)OC(=O)N1CCOC[C@H]1COc1cccc2c1C(=O)OC(C)(C)O2. The maximum atomic E-state index is 12.5. The van der Waals surface area contributed by atoms with Crippen LogP contribution in [0.15, 0.2) is 18.2 Å². The Hall–Kier alpha value is -2.48. The summed E-state index contributed by atoms with van der Waals surface area (Å²) in [6.07, 6.45) is -0.413. The number of morpholine rings is 1. The molecule has 0 saturated carbocycles. The van der Waals surface area contributed by atoms with Crippen molar-refractivity contribution in [1.29, 1.82) is 0 Å². The molecule has 1 saturated heterocycles. The van der Waals surface area contributed by atoms with Crippen LogP contribution in [0.5, 0.6) is 11.5 Å². The fourth-order valence-electron chi connectivity index (χ4n) is 3.02. The molecule has 0 spiro atoms. The molecule has 8 nitrogen and oxygen atoms in total. The predicted octanol–water partition coefficient (Wildman–Crippen LogP) is 2.99. The van der Waals surface area contributed by atoms with Crippen LogP contribution in [0.2, 0.25) is 0 Å². The van der Waals surface area contributed by atoms with Crippen LogP contribution in [-0.2, 0) is 14.2 Å². The largest absolute Gasteiger partial charge is 0.490 e. The maximum absolute atomic E-state index is 12.5. The molecular formula is C20H27NO7. The molecule has 0 aliphatic carbocycles. The highest BCUT2D eigenvalue weighted by atomic mass is 16.7. The number of fused-ring (bicyclic) bond motifs is 1. The predicted molar refractivity (Wildman–Crippen MR) is 99.6 cm³/mol. The van der Waals surface area contributed by atoms with Crippen LogP contribution in [0.3, 0.4) is 0 Å². The van der Waals surface area contributed by atoms with Gasteiger partial charge in [-0.05, 0) is 32.9 Å². The van der Waals surface area contributed by atoms with E-state index in [9.17, 15) is 9.59 Å². The number of benzene rings is 1. The van der Waals surface area contributed by atoms with Crippen molar-refractivity contribution < 1.29 is 33.3 Å². The van der Waals surface area contributed by atoms with Crippen LogP contribution < -0.4 is 9.47 Å². The Labute approximate surface area is 164 Å². The van der Waals surface area contributed by atoms with Crippen LogP contribution in [0.1, 0.15) is 45.0 Å². The third-order valence-electron chi connectivity index (χ3n) is 4.17. The molecule has 0 N–H and O–H groups in total. The molecule has 1 aromatic carbocycles. The Morgan fingerprint density at radius 2 is 2.04 bits per heavy atom. The first-order valence-corrected chi connectivity index (χ1v) is 9.31. The van der Waals surface area contributed by atoms with E-state index in [1.165, 1.54) is 0 Å². The fraction of sp³-hybridized carbons (Fsp3) is 0.600. The lowest BCUT2D eigenvalue weighted by Crippen LogP contribution is -2.52. The number of nitrogens with zero attached hydrogens (tertiary/aromatic N) is 1. The van der Waals surface area contributed by atoms with Crippen molar-refractivity contribution in [3.63, 3.8) is 0 Å². The zero-order chi connectivity index (χ0) is 20.5. The minimum absolute atomic E-state index is 0.145. The molecule has 154 valence electrons. The van der Waals surface area contributed by atoms with E-state index in [0.29, 0.717) is 31.3 Å². The van der Waals surface area contributed by atoms with Crippen molar-refractivity contribution in [3.05, 3.63) is 23.8 Å². The summed E-state index contributed by atoms with van der Waals surface area (Å²) in [6, 6.07) is 4.77. The van der Waals surface area contributed by atoms with Crippen molar-refractivity contribution in [3.8, 4) is 11.5 Å². The second-order valence-electron chi connectivity index (χ2n) is 8.23. The monoisotopic (exact) mass is 393 g/mol. The molecule has 3 rings (SSSR count). The van der Waals surface area contributed by atoms with Crippen molar-refractivity contribution in [2.75, 3.05) is 26.4 Å².